The highest BCUT2D eigenvalue weighted by Crippen LogP contribution is 2.21. The van der Waals surface area contributed by atoms with Crippen LogP contribution in [0.4, 0.5) is 0 Å². The van der Waals surface area contributed by atoms with E-state index < -0.39 is 0 Å². The number of imidazole rings is 1. The summed E-state index contributed by atoms with van der Waals surface area (Å²) in [6.07, 6.45) is 2.71. The lowest BCUT2D eigenvalue weighted by molar-refractivity contribution is -0.132. The Morgan fingerprint density at radius 3 is 2.71 bits per heavy atom. The SMILES string of the molecule is Cc1cc2ncn(CC(=O)N3CCc4ccccc4C3)c2cc1C. The molecule has 0 bridgehead atoms. The molecular formula is C20H21N3O. The zero-order chi connectivity index (χ0) is 16.7. The molecule has 0 aliphatic carbocycles. The molecule has 122 valence electrons. The minimum absolute atomic E-state index is 0.155. The van der Waals surface area contributed by atoms with Gasteiger partial charge in [0.25, 0.3) is 0 Å². The Hall–Kier alpha value is -2.62. The summed E-state index contributed by atoms with van der Waals surface area (Å²) < 4.78 is 1.96. The van der Waals surface area contributed by atoms with Gasteiger partial charge in [0, 0.05) is 13.1 Å². The Morgan fingerprint density at radius 1 is 1.12 bits per heavy atom. The molecule has 0 N–H and O–H groups in total. The molecule has 24 heavy (non-hydrogen) atoms. The second-order valence-corrected chi connectivity index (χ2v) is 6.63. The van der Waals surface area contributed by atoms with Crippen LogP contribution in [0.3, 0.4) is 0 Å². The molecule has 4 nitrogen and oxygen atoms in total. The fourth-order valence-corrected chi connectivity index (χ4v) is 3.39. The lowest BCUT2D eigenvalue weighted by Gasteiger charge is -2.29. The van der Waals surface area contributed by atoms with Gasteiger partial charge in [0.1, 0.15) is 6.54 Å². The standard InChI is InChI=1S/C20H21N3O/c1-14-9-18-19(10-15(14)2)23(13-21-18)12-20(24)22-8-7-16-5-3-4-6-17(16)11-22/h3-6,9-10,13H,7-8,11-12H2,1-2H3. The first-order valence-corrected chi connectivity index (χ1v) is 8.38. The van der Waals surface area contributed by atoms with Crippen molar-refractivity contribution in [2.75, 3.05) is 6.54 Å². The highest BCUT2D eigenvalue weighted by molar-refractivity contribution is 5.81. The number of amides is 1. The molecule has 2 heterocycles. The quantitative estimate of drug-likeness (QED) is 0.727. The van der Waals surface area contributed by atoms with Gasteiger partial charge in [0.05, 0.1) is 17.4 Å². The fourth-order valence-electron chi connectivity index (χ4n) is 3.39. The van der Waals surface area contributed by atoms with Crippen molar-refractivity contribution in [3.05, 3.63) is 65.0 Å². The number of rotatable bonds is 2. The number of aryl methyl sites for hydroxylation is 2. The molecule has 0 saturated carbocycles. The summed E-state index contributed by atoms with van der Waals surface area (Å²) in [4.78, 5) is 19.1. The molecule has 1 aliphatic heterocycles. The van der Waals surface area contributed by atoms with E-state index in [1.165, 1.54) is 22.3 Å². The Labute approximate surface area is 141 Å². The molecule has 0 radical (unpaired) electrons. The van der Waals surface area contributed by atoms with E-state index in [-0.39, 0.29) is 5.91 Å². The number of aromatic nitrogens is 2. The zero-order valence-electron chi connectivity index (χ0n) is 14.1. The number of carbonyl (C=O) groups is 1. The average Bonchev–Trinajstić information content (AvgIpc) is 2.96. The molecule has 4 rings (SSSR count). The van der Waals surface area contributed by atoms with Gasteiger partial charge in [0.2, 0.25) is 5.91 Å². The smallest absolute Gasteiger partial charge is 0.242 e. The minimum Gasteiger partial charge on any atom is -0.336 e. The number of hydrogen-bond acceptors (Lipinski definition) is 2. The van der Waals surface area contributed by atoms with Gasteiger partial charge in [-0.05, 0) is 54.7 Å². The third kappa shape index (κ3) is 2.58. The molecule has 1 aromatic heterocycles. The van der Waals surface area contributed by atoms with Gasteiger partial charge in [-0.1, -0.05) is 24.3 Å². The van der Waals surface area contributed by atoms with Crippen molar-refractivity contribution in [1.82, 2.24) is 14.5 Å². The van der Waals surface area contributed by atoms with Crippen LogP contribution in [0.15, 0.2) is 42.7 Å². The van der Waals surface area contributed by atoms with E-state index in [0.717, 1.165) is 24.0 Å². The highest BCUT2D eigenvalue weighted by Gasteiger charge is 2.21. The first-order valence-electron chi connectivity index (χ1n) is 8.38. The van der Waals surface area contributed by atoms with Gasteiger partial charge >= 0.3 is 0 Å². The molecule has 0 unspecified atom stereocenters. The first kappa shape index (κ1) is 14.9. The Balaban J connectivity index is 1.56. The molecule has 4 heteroatoms. The van der Waals surface area contributed by atoms with E-state index in [1.54, 1.807) is 6.33 Å². The van der Waals surface area contributed by atoms with Crippen LogP contribution in [0, 0.1) is 13.8 Å². The predicted molar refractivity (Wildman–Crippen MR) is 94.8 cm³/mol. The molecule has 3 aromatic rings. The topological polar surface area (TPSA) is 38.1 Å². The van der Waals surface area contributed by atoms with Gasteiger partial charge in [-0.15, -0.1) is 0 Å². The highest BCUT2D eigenvalue weighted by atomic mass is 16.2. The summed E-state index contributed by atoms with van der Waals surface area (Å²) in [5.41, 5.74) is 7.06. The maximum absolute atomic E-state index is 12.7. The summed E-state index contributed by atoms with van der Waals surface area (Å²) in [7, 11) is 0. The second kappa shape index (κ2) is 5.78. The average molecular weight is 319 g/mol. The molecule has 0 saturated heterocycles. The number of hydrogen-bond donors (Lipinski definition) is 0. The summed E-state index contributed by atoms with van der Waals surface area (Å²) in [6, 6.07) is 12.6. The number of benzene rings is 2. The molecule has 0 atom stereocenters. The minimum atomic E-state index is 0.155. The molecule has 2 aromatic carbocycles. The van der Waals surface area contributed by atoms with Crippen LogP contribution in [0.25, 0.3) is 11.0 Å². The maximum Gasteiger partial charge on any atom is 0.242 e. The third-order valence-corrected chi connectivity index (χ3v) is 5.03. The normalized spacial score (nSPS) is 14.0. The van der Waals surface area contributed by atoms with E-state index in [4.69, 9.17) is 0 Å². The molecule has 1 amide bonds. The van der Waals surface area contributed by atoms with E-state index in [9.17, 15) is 4.79 Å². The molecular weight excluding hydrogens is 298 g/mol. The van der Waals surface area contributed by atoms with Gasteiger partial charge in [0.15, 0.2) is 0 Å². The van der Waals surface area contributed by atoms with Gasteiger partial charge in [-0.2, -0.15) is 0 Å². The van der Waals surface area contributed by atoms with Crippen molar-refractivity contribution < 1.29 is 4.79 Å². The summed E-state index contributed by atoms with van der Waals surface area (Å²) in [5, 5.41) is 0. The van der Waals surface area contributed by atoms with Crippen molar-refractivity contribution in [2.45, 2.75) is 33.4 Å². The fraction of sp³-hybridized carbons (Fsp3) is 0.300. The zero-order valence-corrected chi connectivity index (χ0v) is 14.1. The Kier molecular flexibility index (Phi) is 3.60. The Morgan fingerprint density at radius 2 is 1.88 bits per heavy atom. The van der Waals surface area contributed by atoms with Gasteiger partial charge < -0.3 is 9.47 Å². The summed E-state index contributed by atoms with van der Waals surface area (Å²) >= 11 is 0. The maximum atomic E-state index is 12.7. The van der Waals surface area contributed by atoms with Crippen molar-refractivity contribution >= 4 is 16.9 Å². The van der Waals surface area contributed by atoms with E-state index in [0.29, 0.717) is 13.1 Å². The van der Waals surface area contributed by atoms with Gasteiger partial charge in [-0.3, -0.25) is 4.79 Å². The van der Waals surface area contributed by atoms with Crippen molar-refractivity contribution in [3.8, 4) is 0 Å². The van der Waals surface area contributed by atoms with Crippen LogP contribution >= 0.6 is 0 Å². The van der Waals surface area contributed by atoms with Crippen molar-refractivity contribution in [1.29, 1.82) is 0 Å². The van der Waals surface area contributed by atoms with E-state index in [2.05, 4.69) is 49.2 Å². The second-order valence-electron chi connectivity index (χ2n) is 6.63. The van der Waals surface area contributed by atoms with Crippen LogP contribution in [-0.2, 0) is 24.3 Å². The van der Waals surface area contributed by atoms with Crippen LogP contribution in [-0.4, -0.2) is 26.9 Å². The number of fused-ring (bicyclic) bond motifs is 2. The van der Waals surface area contributed by atoms with Gasteiger partial charge in [-0.25, -0.2) is 4.98 Å². The number of nitrogens with zero attached hydrogens (tertiary/aromatic N) is 3. The van der Waals surface area contributed by atoms with Crippen LogP contribution in [0.5, 0.6) is 0 Å². The summed E-state index contributed by atoms with van der Waals surface area (Å²) in [5.74, 6) is 0.155. The van der Waals surface area contributed by atoms with Crippen molar-refractivity contribution in [2.24, 2.45) is 0 Å². The molecule has 0 spiro atoms. The van der Waals surface area contributed by atoms with Crippen LogP contribution < -0.4 is 0 Å². The predicted octanol–water partition coefficient (Wildman–Crippen LogP) is 3.24. The lowest BCUT2D eigenvalue weighted by Crippen LogP contribution is -2.37. The van der Waals surface area contributed by atoms with E-state index >= 15 is 0 Å². The number of carbonyl (C=O) groups excluding carboxylic acids is 1. The lowest BCUT2D eigenvalue weighted by atomic mass is 10.00. The summed E-state index contributed by atoms with van der Waals surface area (Å²) in [6.45, 7) is 6.03. The molecule has 0 fully saturated rings. The van der Waals surface area contributed by atoms with Crippen molar-refractivity contribution in [3.63, 3.8) is 0 Å². The van der Waals surface area contributed by atoms with Crippen LogP contribution in [0.2, 0.25) is 0 Å². The largest absolute Gasteiger partial charge is 0.336 e. The van der Waals surface area contributed by atoms with E-state index in [1.807, 2.05) is 15.5 Å². The Bertz CT molecular complexity index is 926. The first-order chi connectivity index (χ1) is 11.6. The third-order valence-electron chi connectivity index (χ3n) is 5.03. The monoisotopic (exact) mass is 319 g/mol. The van der Waals surface area contributed by atoms with Crippen LogP contribution in [0.1, 0.15) is 22.3 Å². The molecule has 1 aliphatic rings.